The molecule has 0 bridgehead atoms. The Kier molecular flexibility index (Phi) is 4.72. The molecule has 5 heteroatoms. The number of rotatable bonds is 3. The molecule has 0 aromatic heterocycles. The maximum Gasteiger partial charge on any atom is 0.324 e. The number of nitrogens with zero attached hydrogens (tertiary/aromatic N) is 1. The Bertz CT molecular complexity index is 688. The van der Waals surface area contributed by atoms with Gasteiger partial charge in [0.25, 0.3) is 0 Å². The average Bonchev–Trinajstić information content (AvgIpc) is 2.56. The number of hydrogen-bond donors (Lipinski definition) is 1. The van der Waals surface area contributed by atoms with E-state index in [1.54, 1.807) is 29.2 Å². The summed E-state index contributed by atoms with van der Waals surface area (Å²) in [6.45, 7) is 2.53. The molecule has 1 unspecified atom stereocenters. The Morgan fingerprint density at radius 2 is 1.96 bits per heavy atom. The molecule has 2 aromatic carbocycles. The first-order chi connectivity index (χ1) is 11.1. The van der Waals surface area contributed by atoms with Gasteiger partial charge >= 0.3 is 6.03 Å². The summed E-state index contributed by atoms with van der Waals surface area (Å²) in [5.74, 6) is 0.668. The molecule has 2 aromatic rings. The lowest BCUT2D eigenvalue weighted by molar-refractivity contribution is 0.180. The first kappa shape index (κ1) is 15.7. The minimum atomic E-state index is -0.433. The van der Waals surface area contributed by atoms with Gasteiger partial charge in [-0.05, 0) is 55.7 Å². The van der Waals surface area contributed by atoms with Gasteiger partial charge in [-0.25, -0.2) is 4.79 Å². The van der Waals surface area contributed by atoms with Gasteiger partial charge in [0.1, 0.15) is 5.75 Å². The standard InChI is InChI=1S/C18H19ClN2O2/c1-13(23-16-10-8-15(19)9-11-16)20-18(22)21-12-4-6-14-5-2-3-7-17(14)21/h2-3,5,7-11,13H,4,6,12H2,1H3,(H,20,22). The highest BCUT2D eigenvalue weighted by Crippen LogP contribution is 2.26. The van der Waals surface area contributed by atoms with E-state index < -0.39 is 6.23 Å². The lowest BCUT2D eigenvalue weighted by Gasteiger charge is -2.30. The van der Waals surface area contributed by atoms with Crippen LogP contribution in [0.15, 0.2) is 48.5 Å². The van der Waals surface area contributed by atoms with Crippen LogP contribution >= 0.6 is 11.6 Å². The number of urea groups is 1. The molecule has 0 spiro atoms. The summed E-state index contributed by atoms with van der Waals surface area (Å²) >= 11 is 5.85. The second-order valence-corrected chi connectivity index (χ2v) is 5.98. The lowest BCUT2D eigenvalue weighted by atomic mass is 10.0. The molecule has 1 atom stereocenters. The molecule has 1 aliphatic heterocycles. The first-order valence-corrected chi connectivity index (χ1v) is 8.09. The van der Waals surface area contributed by atoms with Crippen LogP contribution in [-0.4, -0.2) is 18.8 Å². The highest BCUT2D eigenvalue weighted by atomic mass is 35.5. The number of carbonyl (C=O) groups excluding carboxylic acids is 1. The number of anilines is 1. The average molecular weight is 331 g/mol. The van der Waals surface area contributed by atoms with E-state index in [1.165, 1.54) is 5.56 Å². The summed E-state index contributed by atoms with van der Waals surface area (Å²) < 4.78 is 5.70. The highest BCUT2D eigenvalue weighted by molar-refractivity contribution is 6.30. The van der Waals surface area contributed by atoms with Crippen molar-refractivity contribution < 1.29 is 9.53 Å². The molecule has 0 saturated carbocycles. The molecule has 0 radical (unpaired) electrons. The van der Waals surface area contributed by atoms with E-state index in [4.69, 9.17) is 16.3 Å². The van der Waals surface area contributed by atoms with Crippen molar-refractivity contribution in [3.63, 3.8) is 0 Å². The second kappa shape index (κ2) is 6.92. The van der Waals surface area contributed by atoms with Gasteiger partial charge in [0.05, 0.1) is 0 Å². The Morgan fingerprint density at radius 1 is 1.22 bits per heavy atom. The molecule has 4 nitrogen and oxygen atoms in total. The lowest BCUT2D eigenvalue weighted by Crippen LogP contribution is -2.47. The molecular weight excluding hydrogens is 312 g/mol. The van der Waals surface area contributed by atoms with Gasteiger partial charge in [0.2, 0.25) is 0 Å². The van der Waals surface area contributed by atoms with Gasteiger partial charge in [-0.2, -0.15) is 0 Å². The Hall–Kier alpha value is -2.20. The van der Waals surface area contributed by atoms with E-state index in [0.29, 0.717) is 10.8 Å². The van der Waals surface area contributed by atoms with Gasteiger partial charge in [-0.1, -0.05) is 29.8 Å². The monoisotopic (exact) mass is 330 g/mol. The summed E-state index contributed by atoms with van der Waals surface area (Å²) in [6, 6.07) is 14.9. The van der Waals surface area contributed by atoms with E-state index in [0.717, 1.165) is 25.1 Å². The van der Waals surface area contributed by atoms with Crippen LogP contribution in [0.5, 0.6) is 5.75 Å². The zero-order chi connectivity index (χ0) is 16.2. The van der Waals surface area contributed by atoms with Gasteiger partial charge in [-0.15, -0.1) is 0 Å². The maximum atomic E-state index is 12.5. The summed E-state index contributed by atoms with van der Waals surface area (Å²) in [4.78, 5) is 14.3. The van der Waals surface area contributed by atoms with Crippen LogP contribution in [0, 0.1) is 0 Å². The number of benzene rings is 2. The summed E-state index contributed by atoms with van der Waals surface area (Å²) in [5.41, 5.74) is 2.19. The van der Waals surface area contributed by atoms with Crippen molar-refractivity contribution >= 4 is 23.3 Å². The van der Waals surface area contributed by atoms with Gasteiger partial charge in [-0.3, -0.25) is 4.90 Å². The fraction of sp³-hybridized carbons (Fsp3) is 0.278. The van der Waals surface area contributed by atoms with Crippen LogP contribution in [0.1, 0.15) is 18.9 Å². The third kappa shape index (κ3) is 3.77. The molecule has 0 aliphatic carbocycles. The minimum absolute atomic E-state index is 0.140. The summed E-state index contributed by atoms with van der Waals surface area (Å²) in [6.07, 6.45) is 1.55. The van der Waals surface area contributed by atoms with Gasteiger partial charge in [0.15, 0.2) is 6.23 Å². The number of ether oxygens (including phenoxy) is 1. The smallest absolute Gasteiger partial charge is 0.324 e. The van der Waals surface area contributed by atoms with Crippen molar-refractivity contribution in [2.24, 2.45) is 0 Å². The van der Waals surface area contributed by atoms with Crippen molar-refractivity contribution in [2.45, 2.75) is 26.0 Å². The number of halogens is 1. The van der Waals surface area contributed by atoms with Crippen LogP contribution in [0.2, 0.25) is 5.02 Å². The van der Waals surface area contributed by atoms with E-state index in [-0.39, 0.29) is 6.03 Å². The Balaban J connectivity index is 1.64. The number of hydrogen-bond acceptors (Lipinski definition) is 2. The van der Waals surface area contributed by atoms with Gasteiger partial charge in [0, 0.05) is 17.3 Å². The Labute approximate surface area is 141 Å². The topological polar surface area (TPSA) is 41.6 Å². The number of para-hydroxylation sites is 1. The van der Waals surface area contributed by atoms with Crippen molar-refractivity contribution in [2.75, 3.05) is 11.4 Å². The predicted octanol–water partition coefficient (Wildman–Crippen LogP) is 4.23. The fourth-order valence-corrected chi connectivity index (χ4v) is 2.87. The molecular formula is C18H19ClN2O2. The van der Waals surface area contributed by atoms with Crippen LogP contribution < -0.4 is 15.0 Å². The third-order valence-electron chi connectivity index (χ3n) is 3.81. The quantitative estimate of drug-likeness (QED) is 0.856. The highest BCUT2D eigenvalue weighted by Gasteiger charge is 2.23. The van der Waals surface area contributed by atoms with Crippen LogP contribution in [0.4, 0.5) is 10.5 Å². The predicted molar refractivity (Wildman–Crippen MR) is 92.2 cm³/mol. The van der Waals surface area contributed by atoms with E-state index in [2.05, 4.69) is 11.4 Å². The number of fused-ring (bicyclic) bond motifs is 1. The number of carbonyl (C=O) groups is 1. The SMILES string of the molecule is CC(NC(=O)N1CCCc2ccccc21)Oc1ccc(Cl)cc1. The maximum absolute atomic E-state index is 12.5. The number of aryl methyl sites for hydroxylation is 1. The normalized spacial score (nSPS) is 14.8. The van der Waals surface area contributed by atoms with E-state index >= 15 is 0 Å². The second-order valence-electron chi connectivity index (χ2n) is 5.55. The van der Waals surface area contributed by atoms with E-state index in [1.807, 2.05) is 25.1 Å². The van der Waals surface area contributed by atoms with Crippen LogP contribution in [0.3, 0.4) is 0 Å². The molecule has 120 valence electrons. The zero-order valence-corrected chi connectivity index (χ0v) is 13.7. The van der Waals surface area contributed by atoms with Crippen molar-refractivity contribution in [3.05, 3.63) is 59.1 Å². The molecule has 1 heterocycles. The van der Waals surface area contributed by atoms with Gasteiger partial charge < -0.3 is 10.1 Å². The van der Waals surface area contributed by atoms with Crippen LogP contribution in [-0.2, 0) is 6.42 Å². The molecule has 23 heavy (non-hydrogen) atoms. The number of amides is 2. The zero-order valence-electron chi connectivity index (χ0n) is 13.0. The molecule has 1 aliphatic rings. The molecule has 1 N–H and O–H groups in total. The minimum Gasteiger partial charge on any atom is -0.471 e. The Morgan fingerprint density at radius 3 is 2.74 bits per heavy atom. The van der Waals surface area contributed by atoms with E-state index in [9.17, 15) is 4.79 Å². The molecule has 3 rings (SSSR count). The first-order valence-electron chi connectivity index (χ1n) is 7.71. The third-order valence-corrected chi connectivity index (χ3v) is 4.06. The van der Waals surface area contributed by atoms with Crippen LogP contribution in [0.25, 0.3) is 0 Å². The van der Waals surface area contributed by atoms with Crippen molar-refractivity contribution in [1.29, 1.82) is 0 Å². The fourth-order valence-electron chi connectivity index (χ4n) is 2.74. The van der Waals surface area contributed by atoms with Crippen molar-refractivity contribution in [1.82, 2.24) is 5.32 Å². The number of nitrogens with one attached hydrogen (secondary N) is 1. The largest absolute Gasteiger partial charge is 0.471 e. The summed E-state index contributed by atoms with van der Waals surface area (Å²) in [5, 5.41) is 3.54. The van der Waals surface area contributed by atoms with Crippen molar-refractivity contribution in [3.8, 4) is 5.75 Å². The molecule has 0 saturated heterocycles. The summed E-state index contributed by atoms with van der Waals surface area (Å²) in [7, 11) is 0. The molecule has 2 amide bonds. The molecule has 0 fully saturated rings.